The lowest BCUT2D eigenvalue weighted by Gasteiger charge is -2.14. The molecule has 0 radical (unpaired) electrons. The van der Waals surface area contributed by atoms with Crippen LogP contribution in [0.5, 0.6) is 0 Å². The molecule has 0 aliphatic carbocycles. The van der Waals surface area contributed by atoms with E-state index < -0.39 is 0 Å². The Morgan fingerprint density at radius 3 is 1.86 bits per heavy atom. The predicted molar refractivity (Wildman–Crippen MR) is 93.6 cm³/mol. The highest BCUT2D eigenvalue weighted by Crippen LogP contribution is 2.19. The van der Waals surface area contributed by atoms with Crippen LogP contribution in [0.2, 0.25) is 0 Å². The summed E-state index contributed by atoms with van der Waals surface area (Å²) in [5.74, 6) is 0. The van der Waals surface area contributed by atoms with Gasteiger partial charge in [-0.25, -0.2) is 0 Å². The Balaban J connectivity index is 1.62. The fraction of sp³-hybridized carbons (Fsp3) is 0.143. The molecule has 0 aliphatic heterocycles. The van der Waals surface area contributed by atoms with Gasteiger partial charge < -0.3 is 5.32 Å². The van der Waals surface area contributed by atoms with E-state index in [1.165, 1.54) is 22.3 Å². The molecule has 110 valence electrons. The van der Waals surface area contributed by atoms with Gasteiger partial charge in [-0.1, -0.05) is 84.9 Å². The summed E-state index contributed by atoms with van der Waals surface area (Å²) < 4.78 is 0. The molecule has 3 aromatic rings. The second-order valence-electron chi connectivity index (χ2n) is 5.58. The number of benzene rings is 3. The molecule has 0 spiro atoms. The second kappa shape index (κ2) is 7.06. The van der Waals surface area contributed by atoms with E-state index >= 15 is 0 Å². The SMILES string of the molecule is C[C@@H](NCc1ccc(-c2ccccc2)cc1)c1ccccc1. The third-order valence-electron chi connectivity index (χ3n) is 3.97. The van der Waals surface area contributed by atoms with Gasteiger partial charge in [0.2, 0.25) is 0 Å². The van der Waals surface area contributed by atoms with Crippen molar-refractivity contribution in [3.8, 4) is 11.1 Å². The van der Waals surface area contributed by atoms with Crippen molar-refractivity contribution in [2.45, 2.75) is 19.5 Å². The van der Waals surface area contributed by atoms with Crippen molar-refractivity contribution in [1.29, 1.82) is 0 Å². The van der Waals surface area contributed by atoms with Crippen LogP contribution in [-0.2, 0) is 6.54 Å². The molecule has 22 heavy (non-hydrogen) atoms. The van der Waals surface area contributed by atoms with Crippen LogP contribution in [-0.4, -0.2) is 0 Å². The van der Waals surface area contributed by atoms with Crippen molar-refractivity contribution < 1.29 is 0 Å². The highest BCUT2D eigenvalue weighted by atomic mass is 14.9. The van der Waals surface area contributed by atoms with Crippen molar-refractivity contribution >= 4 is 0 Å². The average molecular weight is 287 g/mol. The molecule has 0 aliphatic rings. The van der Waals surface area contributed by atoms with Crippen LogP contribution in [0.4, 0.5) is 0 Å². The number of hydrogen-bond acceptors (Lipinski definition) is 1. The Morgan fingerprint density at radius 2 is 1.23 bits per heavy atom. The van der Waals surface area contributed by atoms with Gasteiger partial charge in [-0.05, 0) is 29.2 Å². The zero-order chi connectivity index (χ0) is 15.2. The van der Waals surface area contributed by atoms with Gasteiger partial charge in [-0.15, -0.1) is 0 Å². The lowest BCUT2D eigenvalue weighted by atomic mass is 10.0. The zero-order valence-electron chi connectivity index (χ0n) is 12.9. The molecule has 1 heteroatoms. The summed E-state index contributed by atoms with van der Waals surface area (Å²) in [6.07, 6.45) is 0. The Hall–Kier alpha value is -2.38. The van der Waals surface area contributed by atoms with E-state index in [0.29, 0.717) is 6.04 Å². The van der Waals surface area contributed by atoms with E-state index in [9.17, 15) is 0 Å². The van der Waals surface area contributed by atoms with Crippen molar-refractivity contribution in [1.82, 2.24) is 5.32 Å². The summed E-state index contributed by atoms with van der Waals surface area (Å²) in [4.78, 5) is 0. The third kappa shape index (κ3) is 3.63. The molecule has 3 rings (SSSR count). The molecule has 0 heterocycles. The monoisotopic (exact) mass is 287 g/mol. The van der Waals surface area contributed by atoms with E-state index in [1.807, 2.05) is 6.07 Å². The van der Waals surface area contributed by atoms with Gasteiger partial charge in [0.1, 0.15) is 0 Å². The molecule has 0 unspecified atom stereocenters. The maximum atomic E-state index is 3.57. The summed E-state index contributed by atoms with van der Waals surface area (Å²) in [7, 11) is 0. The van der Waals surface area contributed by atoms with Gasteiger partial charge in [0.15, 0.2) is 0 Å². The van der Waals surface area contributed by atoms with Crippen LogP contribution in [0.15, 0.2) is 84.9 Å². The third-order valence-corrected chi connectivity index (χ3v) is 3.97. The van der Waals surface area contributed by atoms with Gasteiger partial charge in [0, 0.05) is 12.6 Å². The van der Waals surface area contributed by atoms with Crippen molar-refractivity contribution in [3.05, 3.63) is 96.1 Å². The van der Waals surface area contributed by atoms with Crippen LogP contribution in [0.3, 0.4) is 0 Å². The van der Waals surface area contributed by atoms with Gasteiger partial charge >= 0.3 is 0 Å². The first-order valence-corrected chi connectivity index (χ1v) is 7.75. The first kappa shape index (κ1) is 14.6. The molecule has 1 N–H and O–H groups in total. The molecule has 0 aromatic heterocycles. The Bertz CT molecular complexity index is 687. The summed E-state index contributed by atoms with van der Waals surface area (Å²) in [6.45, 7) is 3.08. The molecule has 3 aromatic carbocycles. The molecule has 0 amide bonds. The number of hydrogen-bond donors (Lipinski definition) is 1. The smallest absolute Gasteiger partial charge is 0.0294 e. The van der Waals surface area contributed by atoms with Crippen LogP contribution >= 0.6 is 0 Å². The molecule has 0 fully saturated rings. The van der Waals surface area contributed by atoms with Gasteiger partial charge in [-0.3, -0.25) is 0 Å². The minimum Gasteiger partial charge on any atom is -0.306 e. The van der Waals surface area contributed by atoms with E-state index in [2.05, 4.69) is 91.1 Å². The summed E-state index contributed by atoms with van der Waals surface area (Å²) in [6, 6.07) is 30.2. The molecule has 1 nitrogen and oxygen atoms in total. The Kier molecular flexibility index (Phi) is 4.67. The lowest BCUT2D eigenvalue weighted by Crippen LogP contribution is -2.17. The number of nitrogens with one attached hydrogen (secondary N) is 1. The molecule has 0 saturated heterocycles. The summed E-state index contributed by atoms with van der Waals surface area (Å²) >= 11 is 0. The van der Waals surface area contributed by atoms with Crippen LogP contribution in [0.25, 0.3) is 11.1 Å². The first-order chi connectivity index (χ1) is 10.8. The maximum absolute atomic E-state index is 3.57. The average Bonchev–Trinajstić information content (AvgIpc) is 2.61. The van der Waals surface area contributed by atoms with Crippen LogP contribution < -0.4 is 5.32 Å². The van der Waals surface area contributed by atoms with E-state index in [-0.39, 0.29) is 0 Å². The van der Waals surface area contributed by atoms with Crippen LogP contribution in [0.1, 0.15) is 24.1 Å². The van der Waals surface area contributed by atoms with E-state index in [0.717, 1.165) is 6.54 Å². The Morgan fingerprint density at radius 1 is 0.682 bits per heavy atom. The van der Waals surface area contributed by atoms with Crippen molar-refractivity contribution in [3.63, 3.8) is 0 Å². The van der Waals surface area contributed by atoms with Crippen molar-refractivity contribution in [2.24, 2.45) is 0 Å². The van der Waals surface area contributed by atoms with Crippen molar-refractivity contribution in [2.75, 3.05) is 0 Å². The maximum Gasteiger partial charge on any atom is 0.0294 e. The molecule has 0 bridgehead atoms. The minimum absolute atomic E-state index is 0.356. The van der Waals surface area contributed by atoms with Gasteiger partial charge in [0.25, 0.3) is 0 Å². The molecule has 0 saturated carbocycles. The minimum atomic E-state index is 0.356. The fourth-order valence-corrected chi connectivity index (χ4v) is 2.58. The fourth-order valence-electron chi connectivity index (χ4n) is 2.58. The highest BCUT2D eigenvalue weighted by molar-refractivity contribution is 5.63. The van der Waals surface area contributed by atoms with E-state index in [1.54, 1.807) is 0 Å². The zero-order valence-corrected chi connectivity index (χ0v) is 12.9. The standard InChI is InChI=1S/C21H21N/c1-17(19-8-4-2-5-9-19)22-16-18-12-14-21(15-13-18)20-10-6-3-7-11-20/h2-15,17,22H,16H2,1H3/t17-/m1/s1. The summed E-state index contributed by atoms with van der Waals surface area (Å²) in [5, 5.41) is 3.57. The Labute approximate surface area is 132 Å². The normalized spacial score (nSPS) is 12.0. The van der Waals surface area contributed by atoms with Gasteiger partial charge in [-0.2, -0.15) is 0 Å². The molecular weight excluding hydrogens is 266 g/mol. The summed E-state index contributed by atoms with van der Waals surface area (Å²) in [5.41, 5.74) is 5.16. The quantitative estimate of drug-likeness (QED) is 0.679. The molecular formula is C21H21N. The topological polar surface area (TPSA) is 12.0 Å². The first-order valence-electron chi connectivity index (χ1n) is 7.75. The lowest BCUT2D eigenvalue weighted by molar-refractivity contribution is 0.575. The number of rotatable bonds is 5. The van der Waals surface area contributed by atoms with Gasteiger partial charge in [0.05, 0.1) is 0 Å². The van der Waals surface area contributed by atoms with E-state index in [4.69, 9.17) is 0 Å². The largest absolute Gasteiger partial charge is 0.306 e. The second-order valence-corrected chi connectivity index (χ2v) is 5.58. The molecule has 1 atom stereocenters. The predicted octanol–water partition coefficient (Wildman–Crippen LogP) is 5.20. The highest BCUT2D eigenvalue weighted by Gasteiger charge is 2.04. The van der Waals surface area contributed by atoms with Crippen LogP contribution in [0, 0.1) is 0 Å².